The molecule has 2 heterocycles. The number of aromatic nitrogens is 1. The average Bonchev–Trinajstić information content (AvgIpc) is 2.62. The second kappa shape index (κ2) is 7.35. The van der Waals surface area contributed by atoms with E-state index in [-0.39, 0.29) is 5.56 Å². The van der Waals surface area contributed by atoms with Gasteiger partial charge in [-0.15, -0.1) is 0 Å². The highest BCUT2D eigenvalue weighted by Crippen LogP contribution is 2.12. The lowest BCUT2D eigenvalue weighted by molar-refractivity contribution is 0.0972. The zero-order chi connectivity index (χ0) is 16.9. The molecule has 2 aromatic rings. The minimum atomic E-state index is -0.447. The predicted octanol–water partition coefficient (Wildman–Crippen LogP) is 2.06. The zero-order valence-electron chi connectivity index (χ0n) is 13.0. The van der Waals surface area contributed by atoms with Crippen molar-refractivity contribution in [3.63, 3.8) is 0 Å². The molecule has 1 aromatic heterocycles. The minimum Gasteiger partial charge on any atom is -0.353 e. The Morgan fingerprint density at radius 3 is 2.58 bits per heavy atom. The first-order valence-corrected chi connectivity index (χ1v) is 8.06. The SMILES string of the molecule is O=C(NC(=S)N1CCN(c2ccccn2)CC1)c1cccc(F)c1. The Labute approximate surface area is 145 Å². The molecule has 1 aliphatic rings. The van der Waals surface area contributed by atoms with Gasteiger partial charge < -0.3 is 9.80 Å². The van der Waals surface area contributed by atoms with Gasteiger partial charge in [-0.1, -0.05) is 12.1 Å². The van der Waals surface area contributed by atoms with Gasteiger partial charge in [0.05, 0.1) is 0 Å². The highest BCUT2D eigenvalue weighted by molar-refractivity contribution is 7.80. The van der Waals surface area contributed by atoms with Crippen LogP contribution in [0.4, 0.5) is 10.2 Å². The van der Waals surface area contributed by atoms with Gasteiger partial charge in [0.2, 0.25) is 0 Å². The third-order valence-electron chi connectivity index (χ3n) is 3.85. The minimum absolute atomic E-state index is 0.254. The van der Waals surface area contributed by atoms with Crippen molar-refractivity contribution >= 4 is 29.1 Å². The first-order chi connectivity index (χ1) is 11.6. The van der Waals surface area contributed by atoms with Gasteiger partial charge in [0.1, 0.15) is 11.6 Å². The van der Waals surface area contributed by atoms with Crippen LogP contribution in [0.3, 0.4) is 0 Å². The number of hydrogen-bond donors (Lipinski definition) is 1. The fraction of sp³-hybridized carbons (Fsp3) is 0.235. The summed E-state index contributed by atoms with van der Waals surface area (Å²) in [5, 5.41) is 3.03. The number of benzene rings is 1. The van der Waals surface area contributed by atoms with E-state index in [9.17, 15) is 9.18 Å². The molecule has 1 aromatic carbocycles. The van der Waals surface area contributed by atoms with Gasteiger partial charge in [-0.3, -0.25) is 10.1 Å². The summed E-state index contributed by atoms with van der Waals surface area (Å²) in [7, 11) is 0. The molecule has 0 saturated carbocycles. The Hall–Kier alpha value is -2.54. The highest BCUT2D eigenvalue weighted by Gasteiger charge is 2.21. The lowest BCUT2D eigenvalue weighted by Crippen LogP contribution is -2.52. The fourth-order valence-electron chi connectivity index (χ4n) is 2.56. The van der Waals surface area contributed by atoms with E-state index in [0.717, 1.165) is 18.9 Å². The van der Waals surface area contributed by atoms with Crippen molar-refractivity contribution in [1.29, 1.82) is 0 Å². The Morgan fingerprint density at radius 2 is 1.92 bits per heavy atom. The maximum absolute atomic E-state index is 13.2. The quantitative estimate of drug-likeness (QED) is 0.845. The van der Waals surface area contributed by atoms with Crippen LogP contribution in [0.2, 0.25) is 0 Å². The van der Waals surface area contributed by atoms with Crippen molar-refractivity contribution < 1.29 is 9.18 Å². The highest BCUT2D eigenvalue weighted by atomic mass is 32.1. The third kappa shape index (κ3) is 3.86. The number of pyridine rings is 1. The van der Waals surface area contributed by atoms with E-state index in [1.807, 2.05) is 23.1 Å². The summed E-state index contributed by atoms with van der Waals surface area (Å²) in [5.74, 6) is 0.0936. The Morgan fingerprint density at radius 1 is 1.12 bits per heavy atom. The number of thiocarbonyl (C=S) groups is 1. The number of piperazine rings is 1. The summed E-state index contributed by atoms with van der Waals surface area (Å²) in [4.78, 5) is 20.6. The molecule has 24 heavy (non-hydrogen) atoms. The number of carbonyl (C=O) groups is 1. The van der Waals surface area contributed by atoms with Crippen LogP contribution in [0.15, 0.2) is 48.7 Å². The van der Waals surface area contributed by atoms with Gasteiger partial charge in [-0.25, -0.2) is 9.37 Å². The van der Waals surface area contributed by atoms with Crippen LogP contribution in [-0.2, 0) is 0 Å². The van der Waals surface area contributed by atoms with Crippen molar-refractivity contribution in [1.82, 2.24) is 15.2 Å². The van der Waals surface area contributed by atoms with Gasteiger partial charge in [0.25, 0.3) is 5.91 Å². The molecule has 0 atom stereocenters. The number of rotatable bonds is 2. The van der Waals surface area contributed by atoms with Gasteiger partial charge in [-0.2, -0.15) is 0 Å². The van der Waals surface area contributed by atoms with Gasteiger partial charge in [-0.05, 0) is 42.5 Å². The van der Waals surface area contributed by atoms with Gasteiger partial charge in [0, 0.05) is 37.9 Å². The molecule has 0 unspecified atom stereocenters. The standard InChI is InChI=1S/C17H17FN4OS/c18-14-5-3-4-13(12-14)16(23)20-17(24)22-10-8-21(9-11-22)15-6-1-2-7-19-15/h1-7,12H,8-11H2,(H,20,23,24). The molecule has 0 aliphatic carbocycles. The van der Waals surface area contributed by atoms with Crippen molar-refractivity contribution in [2.75, 3.05) is 31.1 Å². The molecule has 1 saturated heterocycles. The van der Waals surface area contributed by atoms with Crippen LogP contribution in [0, 0.1) is 5.82 Å². The van der Waals surface area contributed by atoms with Gasteiger partial charge >= 0.3 is 0 Å². The Bertz CT molecular complexity index is 732. The molecule has 0 spiro atoms. The molecular weight excluding hydrogens is 327 g/mol. The van der Waals surface area contributed by atoms with E-state index >= 15 is 0 Å². The summed E-state index contributed by atoms with van der Waals surface area (Å²) in [6.45, 7) is 2.93. The molecule has 1 amide bonds. The zero-order valence-corrected chi connectivity index (χ0v) is 13.8. The number of anilines is 1. The van der Waals surface area contributed by atoms with Crippen LogP contribution < -0.4 is 10.2 Å². The second-order valence-electron chi connectivity index (χ2n) is 5.43. The molecule has 3 rings (SSSR count). The fourth-order valence-corrected chi connectivity index (χ4v) is 2.83. The molecule has 0 bridgehead atoms. The lowest BCUT2D eigenvalue weighted by Gasteiger charge is -2.36. The molecule has 1 fully saturated rings. The average molecular weight is 344 g/mol. The number of carbonyl (C=O) groups excluding carboxylic acids is 1. The van der Waals surface area contributed by atoms with Crippen LogP contribution in [-0.4, -0.2) is 47.1 Å². The first kappa shape index (κ1) is 16.3. The number of nitrogens with zero attached hydrogens (tertiary/aromatic N) is 3. The Balaban J connectivity index is 1.55. The molecule has 7 heteroatoms. The van der Waals surface area contributed by atoms with Crippen molar-refractivity contribution in [3.05, 3.63) is 60.0 Å². The molecule has 1 N–H and O–H groups in total. The van der Waals surface area contributed by atoms with E-state index in [1.54, 1.807) is 12.3 Å². The molecule has 1 aliphatic heterocycles. The van der Waals surface area contributed by atoms with Gasteiger partial charge in [0.15, 0.2) is 5.11 Å². The van der Waals surface area contributed by atoms with E-state index in [0.29, 0.717) is 18.2 Å². The maximum atomic E-state index is 13.2. The van der Waals surface area contributed by atoms with Crippen molar-refractivity contribution in [2.24, 2.45) is 0 Å². The van der Waals surface area contributed by atoms with Crippen molar-refractivity contribution in [2.45, 2.75) is 0 Å². The van der Waals surface area contributed by atoms with E-state index < -0.39 is 11.7 Å². The molecule has 124 valence electrons. The lowest BCUT2D eigenvalue weighted by atomic mass is 10.2. The van der Waals surface area contributed by atoms with Crippen LogP contribution in [0.1, 0.15) is 10.4 Å². The van der Waals surface area contributed by atoms with E-state index in [2.05, 4.69) is 15.2 Å². The summed E-state index contributed by atoms with van der Waals surface area (Å²) in [6.07, 6.45) is 1.77. The third-order valence-corrected chi connectivity index (χ3v) is 4.21. The Kier molecular flexibility index (Phi) is 5.00. The summed E-state index contributed by atoms with van der Waals surface area (Å²) >= 11 is 5.30. The van der Waals surface area contributed by atoms with E-state index in [1.165, 1.54) is 18.2 Å². The number of amides is 1. The van der Waals surface area contributed by atoms with Crippen LogP contribution in [0.5, 0.6) is 0 Å². The molecule has 0 radical (unpaired) electrons. The molecular formula is C17H17FN4OS. The maximum Gasteiger partial charge on any atom is 0.257 e. The van der Waals surface area contributed by atoms with Crippen LogP contribution >= 0.6 is 12.2 Å². The number of halogens is 1. The molecule has 5 nitrogen and oxygen atoms in total. The summed E-state index contributed by atoms with van der Waals surface area (Å²) in [6, 6.07) is 11.4. The topological polar surface area (TPSA) is 48.5 Å². The summed E-state index contributed by atoms with van der Waals surface area (Å²) < 4.78 is 13.2. The largest absolute Gasteiger partial charge is 0.353 e. The predicted molar refractivity (Wildman–Crippen MR) is 94.5 cm³/mol. The first-order valence-electron chi connectivity index (χ1n) is 7.65. The number of hydrogen-bond acceptors (Lipinski definition) is 4. The van der Waals surface area contributed by atoms with Crippen LogP contribution in [0.25, 0.3) is 0 Å². The number of nitrogens with one attached hydrogen (secondary N) is 1. The summed E-state index contributed by atoms with van der Waals surface area (Å²) in [5.41, 5.74) is 0.254. The van der Waals surface area contributed by atoms with Crippen molar-refractivity contribution in [3.8, 4) is 0 Å². The second-order valence-corrected chi connectivity index (χ2v) is 5.82. The monoisotopic (exact) mass is 344 g/mol. The van der Waals surface area contributed by atoms with E-state index in [4.69, 9.17) is 12.2 Å². The normalized spacial score (nSPS) is 14.4. The smallest absolute Gasteiger partial charge is 0.257 e.